The second-order valence-corrected chi connectivity index (χ2v) is 5.30. The molecule has 0 bridgehead atoms. The molecule has 0 amide bonds. The first-order chi connectivity index (χ1) is 10.0. The molecule has 0 spiro atoms. The second-order valence-electron chi connectivity index (χ2n) is 5.30. The van der Waals surface area contributed by atoms with Gasteiger partial charge < -0.3 is 10.5 Å². The van der Waals surface area contributed by atoms with Crippen molar-refractivity contribution >= 4 is 0 Å². The van der Waals surface area contributed by atoms with Crippen LogP contribution in [0.3, 0.4) is 0 Å². The molecule has 2 unspecified atom stereocenters. The number of ether oxygens (including phenoxy) is 1. The van der Waals surface area contributed by atoms with E-state index in [1.807, 2.05) is 12.1 Å². The summed E-state index contributed by atoms with van der Waals surface area (Å²) in [4.78, 5) is 2.33. The molecule has 0 aliphatic rings. The maximum absolute atomic E-state index is 12.2. The van der Waals surface area contributed by atoms with Gasteiger partial charge in [-0.1, -0.05) is 39.3 Å². The number of hydrogen-bond acceptors (Lipinski definition) is 3. The molecule has 1 aromatic rings. The summed E-state index contributed by atoms with van der Waals surface area (Å²) in [5, 5.41) is 0. The van der Waals surface area contributed by atoms with Crippen LogP contribution in [0, 0.1) is 5.92 Å². The fraction of sp³-hybridized carbons (Fsp3) is 0.625. The Kier molecular flexibility index (Phi) is 7.61. The van der Waals surface area contributed by atoms with E-state index in [4.69, 9.17) is 5.73 Å². The Morgan fingerprint density at radius 3 is 2.24 bits per heavy atom. The third-order valence-electron chi connectivity index (χ3n) is 3.80. The number of hydrogen-bond donors (Lipinski definition) is 1. The van der Waals surface area contributed by atoms with Gasteiger partial charge in [-0.3, -0.25) is 4.90 Å². The number of halogens is 2. The van der Waals surface area contributed by atoms with Crippen molar-refractivity contribution in [2.24, 2.45) is 11.7 Å². The lowest BCUT2D eigenvalue weighted by Gasteiger charge is -2.32. The van der Waals surface area contributed by atoms with E-state index >= 15 is 0 Å². The summed E-state index contributed by atoms with van der Waals surface area (Å²) in [5.74, 6) is 0.773. The zero-order valence-electron chi connectivity index (χ0n) is 13.1. The van der Waals surface area contributed by atoms with Gasteiger partial charge in [0.2, 0.25) is 0 Å². The highest BCUT2D eigenvalue weighted by molar-refractivity contribution is 5.29. The summed E-state index contributed by atoms with van der Waals surface area (Å²) in [5.41, 5.74) is 6.96. The van der Waals surface area contributed by atoms with E-state index in [2.05, 4.69) is 30.4 Å². The van der Waals surface area contributed by atoms with Crippen LogP contribution in [-0.4, -0.2) is 31.1 Å². The van der Waals surface area contributed by atoms with Gasteiger partial charge in [0, 0.05) is 19.1 Å². The lowest BCUT2D eigenvalue weighted by atomic mass is 10.0. The third kappa shape index (κ3) is 5.59. The minimum absolute atomic E-state index is 0.101. The third-order valence-corrected chi connectivity index (χ3v) is 3.80. The van der Waals surface area contributed by atoms with Gasteiger partial charge in [-0.15, -0.1) is 0 Å². The van der Waals surface area contributed by atoms with Crippen LogP contribution in [-0.2, 0) is 0 Å². The van der Waals surface area contributed by atoms with Gasteiger partial charge in [0.05, 0.1) is 0 Å². The lowest BCUT2D eigenvalue weighted by molar-refractivity contribution is -0.0498. The molecule has 21 heavy (non-hydrogen) atoms. The maximum Gasteiger partial charge on any atom is 0.387 e. The number of rotatable bonds is 9. The largest absolute Gasteiger partial charge is 0.435 e. The maximum atomic E-state index is 12.2. The predicted octanol–water partition coefficient (Wildman–Crippen LogP) is 3.66. The molecule has 0 radical (unpaired) electrons. The quantitative estimate of drug-likeness (QED) is 0.756. The van der Waals surface area contributed by atoms with Gasteiger partial charge in [0.1, 0.15) is 5.75 Å². The van der Waals surface area contributed by atoms with E-state index in [1.54, 1.807) is 12.1 Å². The highest BCUT2D eigenvalue weighted by Crippen LogP contribution is 2.24. The molecule has 0 saturated carbocycles. The van der Waals surface area contributed by atoms with Crippen molar-refractivity contribution in [2.75, 3.05) is 19.6 Å². The Labute approximate surface area is 126 Å². The standard InChI is InChI=1S/C16H26F2N2O/c1-4-12(3)11-20(5-2)15(10-19)13-6-8-14(9-7-13)21-16(17)18/h6-9,12,15-16H,4-5,10-11,19H2,1-3H3. The van der Waals surface area contributed by atoms with Crippen LogP contribution in [0.25, 0.3) is 0 Å². The Hall–Kier alpha value is -1.20. The van der Waals surface area contributed by atoms with Crippen molar-refractivity contribution in [3.63, 3.8) is 0 Å². The van der Waals surface area contributed by atoms with Crippen molar-refractivity contribution in [2.45, 2.75) is 39.8 Å². The average Bonchev–Trinajstić information content (AvgIpc) is 2.47. The van der Waals surface area contributed by atoms with Crippen molar-refractivity contribution in [1.29, 1.82) is 0 Å². The topological polar surface area (TPSA) is 38.5 Å². The molecular formula is C16H26F2N2O. The van der Waals surface area contributed by atoms with Crippen LogP contribution in [0.2, 0.25) is 0 Å². The fourth-order valence-electron chi connectivity index (χ4n) is 2.37. The molecule has 1 aromatic carbocycles. The molecule has 1 rings (SSSR count). The van der Waals surface area contributed by atoms with Crippen molar-refractivity contribution in [1.82, 2.24) is 4.90 Å². The molecule has 0 fully saturated rings. The number of likely N-dealkylation sites (N-methyl/N-ethyl adjacent to an activating group) is 1. The first-order valence-corrected chi connectivity index (χ1v) is 7.50. The number of benzene rings is 1. The normalized spacial score (nSPS) is 14.5. The van der Waals surface area contributed by atoms with E-state index in [9.17, 15) is 8.78 Å². The first kappa shape index (κ1) is 17.9. The van der Waals surface area contributed by atoms with Crippen molar-refractivity contribution < 1.29 is 13.5 Å². The van der Waals surface area contributed by atoms with E-state index in [1.165, 1.54) is 0 Å². The van der Waals surface area contributed by atoms with Gasteiger partial charge >= 0.3 is 6.61 Å². The molecule has 2 N–H and O–H groups in total. The summed E-state index contributed by atoms with van der Waals surface area (Å²) in [6.45, 7) is 6.09. The Bertz CT molecular complexity index is 398. The monoisotopic (exact) mass is 300 g/mol. The smallest absolute Gasteiger partial charge is 0.387 e. The van der Waals surface area contributed by atoms with Crippen LogP contribution < -0.4 is 10.5 Å². The first-order valence-electron chi connectivity index (χ1n) is 7.50. The zero-order chi connectivity index (χ0) is 15.8. The van der Waals surface area contributed by atoms with Gasteiger partial charge in [0.15, 0.2) is 0 Å². The average molecular weight is 300 g/mol. The minimum Gasteiger partial charge on any atom is -0.435 e. The van der Waals surface area contributed by atoms with Gasteiger partial charge in [-0.25, -0.2) is 0 Å². The van der Waals surface area contributed by atoms with Crippen LogP contribution in [0.15, 0.2) is 24.3 Å². The van der Waals surface area contributed by atoms with E-state index in [0.717, 1.165) is 25.1 Å². The van der Waals surface area contributed by atoms with Crippen LogP contribution in [0.4, 0.5) is 8.78 Å². The summed E-state index contributed by atoms with van der Waals surface area (Å²) in [6.07, 6.45) is 1.12. The Morgan fingerprint density at radius 1 is 1.19 bits per heavy atom. The van der Waals surface area contributed by atoms with Crippen LogP contribution in [0.1, 0.15) is 38.8 Å². The zero-order valence-corrected chi connectivity index (χ0v) is 13.1. The van der Waals surface area contributed by atoms with Crippen LogP contribution >= 0.6 is 0 Å². The summed E-state index contributed by atoms with van der Waals surface area (Å²) in [7, 11) is 0. The second kappa shape index (κ2) is 8.95. The molecule has 120 valence electrons. The molecular weight excluding hydrogens is 274 g/mol. The van der Waals surface area contributed by atoms with E-state index in [-0.39, 0.29) is 11.8 Å². The summed E-state index contributed by atoms with van der Waals surface area (Å²) in [6, 6.07) is 6.87. The SMILES string of the molecule is CCC(C)CN(CC)C(CN)c1ccc(OC(F)F)cc1. The molecule has 0 aliphatic heterocycles. The van der Waals surface area contributed by atoms with Gasteiger partial charge in [-0.2, -0.15) is 8.78 Å². The summed E-state index contributed by atoms with van der Waals surface area (Å²) >= 11 is 0. The van der Waals surface area contributed by atoms with Crippen LogP contribution in [0.5, 0.6) is 5.75 Å². The number of nitrogens with zero attached hydrogens (tertiary/aromatic N) is 1. The summed E-state index contributed by atoms with van der Waals surface area (Å²) < 4.78 is 28.7. The Balaban J connectivity index is 2.82. The number of nitrogens with two attached hydrogens (primary N) is 1. The molecule has 0 aliphatic carbocycles. The van der Waals surface area contributed by atoms with E-state index < -0.39 is 6.61 Å². The molecule has 2 atom stereocenters. The minimum atomic E-state index is -2.79. The molecule has 0 saturated heterocycles. The fourth-order valence-corrected chi connectivity index (χ4v) is 2.37. The van der Waals surface area contributed by atoms with E-state index in [0.29, 0.717) is 12.5 Å². The molecule has 3 nitrogen and oxygen atoms in total. The van der Waals surface area contributed by atoms with Crippen molar-refractivity contribution in [3.05, 3.63) is 29.8 Å². The highest BCUT2D eigenvalue weighted by atomic mass is 19.3. The molecule has 5 heteroatoms. The Morgan fingerprint density at radius 2 is 1.81 bits per heavy atom. The van der Waals surface area contributed by atoms with Crippen molar-refractivity contribution in [3.8, 4) is 5.75 Å². The molecule has 0 aromatic heterocycles. The van der Waals surface area contributed by atoms with Gasteiger partial charge in [-0.05, 0) is 30.2 Å². The van der Waals surface area contributed by atoms with Gasteiger partial charge in [0.25, 0.3) is 0 Å². The highest BCUT2D eigenvalue weighted by Gasteiger charge is 2.19. The number of alkyl halides is 2. The molecule has 0 heterocycles. The predicted molar refractivity (Wildman–Crippen MR) is 81.6 cm³/mol. The lowest BCUT2D eigenvalue weighted by Crippen LogP contribution is -2.36.